The number of rotatable bonds is 2. The number of halogens is 3. The van der Waals surface area contributed by atoms with E-state index in [0.717, 1.165) is 27.1 Å². The zero-order valence-electron chi connectivity index (χ0n) is 10.4. The Morgan fingerprint density at radius 2 is 1.60 bits per heavy atom. The second-order valence-electron chi connectivity index (χ2n) is 4.44. The highest BCUT2D eigenvalue weighted by molar-refractivity contribution is 9.10. The van der Waals surface area contributed by atoms with Crippen LogP contribution in [-0.4, -0.2) is 13.2 Å². The maximum absolute atomic E-state index is 6.53. The Morgan fingerprint density at radius 3 is 2.35 bits per heavy atom. The number of fused-ring (bicyclic) bond motifs is 1. The quantitative estimate of drug-likeness (QED) is 0.673. The molecule has 3 rings (SSSR count). The van der Waals surface area contributed by atoms with Crippen LogP contribution in [0.15, 0.2) is 40.9 Å². The lowest BCUT2D eigenvalue weighted by atomic mass is 10.0. The van der Waals surface area contributed by atoms with Crippen LogP contribution in [0.3, 0.4) is 0 Å². The van der Waals surface area contributed by atoms with Crippen LogP contribution in [0.1, 0.15) is 16.5 Å². The summed E-state index contributed by atoms with van der Waals surface area (Å²) in [6.07, 6.45) is 0. The third-order valence-electron chi connectivity index (χ3n) is 3.10. The molecule has 1 atom stereocenters. The summed E-state index contributed by atoms with van der Waals surface area (Å²) in [6.45, 7) is 1.15. The highest BCUT2D eigenvalue weighted by Gasteiger charge is 2.17. The average molecular weight is 374 g/mol. The summed E-state index contributed by atoms with van der Waals surface area (Å²) in [7, 11) is 0. The van der Waals surface area contributed by atoms with E-state index in [1.54, 1.807) is 0 Å². The van der Waals surface area contributed by atoms with Crippen LogP contribution in [-0.2, 0) is 0 Å². The van der Waals surface area contributed by atoms with Crippen molar-refractivity contribution in [1.29, 1.82) is 0 Å². The molecule has 1 heterocycles. The fraction of sp³-hybridized carbons (Fsp3) is 0.200. The minimum Gasteiger partial charge on any atom is -0.486 e. The molecule has 1 aliphatic rings. The Labute approximate surface area is 135 Å². The summed E-state index contributed by atoms with van der Waals surface area (Å²) >= 11 is 16.0. The van der Waals surface area contributed by atoms with Crippen LogP contribution < -0.4 is 9.47 Å². The predicted molar refractivity (Wildman–Crippen MR) is 84.3 cm³/mol. The molecule has 2 nitrogen and oxygen atoms in total. The Hall–Kier alpha value is -0.900. The normalized spacial score (nSPS) is 14.9. The highest BCUT2D eigenvalue weighted by Crippen LogP contribution is 2.38. The average Bonchev–Trinajstić information content (AvgIpc) is 2.49. The minimum absolute atomic E-state index is 0.281. The van der Waals surface area contributed by atoms with Crippen molar-refractivity contribution in [3.8, 4) is 11.5 Å². The minimum atomic E-state index is -0.281. The van der Waals surface area contributed by atoms with Gasteiger partial charge in [0.2, 0.25) is 0 Å². The Balaban J connectivity index is 1.93. The first-order valence-corrected chi connectivity index (χ1v) is 7.74. The Bertz CT molecular complexity index is 646. The molecule has 5 heteroatoms. The first-order chi connectivity index (χ1) is 9.65. The van der Waals surface area contributed by atoms with Crippen LogP contribution in [0.5, 0.6) is 11.5 Å². The summed E-state index contributed by atoms with van der Waals surface area (Å²) in [5.41, 5.74) is 1.89. The molecule has 2 aromatic rings. The molecule has 0 N–H and O–H groups in total. The van der Waals surface area contributed by atoms with Crippen molar-refractivity contribution in [2.24, 2.45) is 0 Å². The second kappa shape index (κ2) is 5.84. The van der Waals surface area contributed by atoms with Crippen LogP contribution in [0.2, 0.25) is 5.02 Å². The molecule has 0 saturated carbocycles. The largest absolute Gasteiger partial charge is 0.486 e. The van der Waals surface area contributed by atoms with E-state index in [-0.39, 0.29) is 5.38 Å². The second-order valence-corrected chi connectivity index (χ2v) is 6.14. The van der Waals surface area contributed by atoms with E-state index in [4.69, 9.17) is 32.7 Å². The van der Waals surface area contributed by atoms with E-state index in [1.807, 2.05) is 36.4 Å². The van der Waals surface area contributed by atoms with E-state index < -0.39 is 0 Å². The van der Waals surface area contributed by atoms with Crippen molar-refractivity contribution in [1.82, 2.24) is 0 Å². The van der Waals surface area contributed by atoms with E-state index in [9.17, 15) is 0 Å². The molecule has 0 bridgehead atoms. The molecule has 0 radical (unpaired) electrons. The Morgan fingerprint density at radius 1 is 0.950 bits per heavy atom. The summed E-state index contributed by atoms with van der Waals surface area (Å²) in [5.74, 6) is 1.50. The molecule has 0 aliphatic carbocycles. The zero-order chi connectivity index (χ0) is 14.1. The van der Waals surface area contributed by atoms with Crippen LogP contribution >= 0.6 is 39.1 Å². The maximum atomic E-state index is 6.53. The fourth-order valence-corrected chi connectivity index (χ4v) is 2.79. The van der Waals surface area contributed by atoms with Gasteiger partial charge in [0.05, 0.1) is 10.4 Å². The number of hydrogen-bond acceptors (Lipinski definition) is 2. The van der Waals surface area contributed by atoms with Crippen molar-refractivity contribution in [3.05, 3.63) is 57.0 Å². The van der Waals surface area contributed by atoms with Gasteiger partial charge in [-0.3, -0.25) is 0 Å². The Kier molecular flexibility index (Phi) is 4.11. The molecule has 0 aromatic heterocycles. The molecule has 0 spiro atoms. The lowest BCUT2D eigenvalue weighted by Crippen LogP contribution is -2.15. The molecule has 0 saturated heterocycles. The van der Waals surface area contributed by atoms with Gasteiger partial charge >= 0.3 is 0 Å². The number of ether oxygens (including phenoxy) is 2. The van der Waals surface area contributed by atoms with Gasteiger partial charge in [-0.1, -0.05) is 23.7 Å². The first kappa shape index (κ1) is 14.1. The van der Waals surface area contributed by atoms with E-state index >= 15 is 0 Å². The van der Waals surface area contributed by atoms with Crippen molar-refractivity contribution in [2.45, 2.75) is 5.38 Å². The van der Waals surface area contributed by atoms with E-state index in [2.05, 4.69) is 15.9 Å². The van der Waals surface area contributed by atoms with Gasteiger partial charge < -0.3 is 9.47 Å². The van der Waals surface area contributed by atoms with Gasteiger partial charge in [0.15, 0.2) is 11.5 Å². The smallest absolute Gasteiger partial charge is 0.161 e. The van der Waals surface area contributed by atoms with Crippen molar-refractivity contribution >= 4 is 39.1 Å². The summed E-state index contributed by atoms with van der Waals surface area (Å²) in [5, 5.41) is 0.363. The van der Waals surface area contributed by atoms with Crippen LogP contribution in [0, 0.1) is 0 Å². The maximum Gasteiger partial charge on any atom is 0.161 e. The lowest BCUT2D eigenvalue weighted by molar-refractivity contribution is 0.171. The van der Waals surface area contributed by atoms with Crippen LogP contribution in [0.25, 0.3) is 0 Å². The van der Waals surface area contributed by atoms with Gasteiger partial charge in [0.25, 0.3) is 0 Å². The lowest BCUT2D eigenvalue weighted by Gasteiger charge is -2.20. The van der Waals surface area contributed by atoms with Crippen molar-refractivity contribution in [2.75, 3.05) is 13.2 Å². The monoisotopic (exact) mass is 372 g/mol. The summed E-state index contributed by atoms with van der Waals surface area (Å²) in [4.78, 5) is 0. The summed E-state index contributed by atoms with van der Waals surface area (Å²) in [6, 6.07) is 11.5. The highest BCUT2D eigenvalue weighted by atomic mass is 79.9. The van der Waals surface area contributed by atoms with Gasteiger partial charge in [0.1, 0.15) is 13.2 Å². The number of alkyl halides is 1. The molecular weight excluding hydrogens is 363 g/mol. The third-order valence-corrected chi connectivity index (χ3v) is 4.83. The van der Waals surface area contributed by atoms with Crippen LogP contribution in [0.4, 0.5) is 0 Å². The van der Waals surface area contributed by atoms with Gasteiger partial charge in [-0.05, 0) is 51.3 Å². The molecule has 0 amide bonds. The molecule has 1 unspecified atom stereocenters. The van der Waals surface area contributed by atoms with Gasteiger partial charge in [0, 0.05) is 4.47 Å². The molecule has 104 valence electrons. The van der Waals surface area contributed by atoms with E-state index in [1.165, 1.54) is 0 Å². The standard InChI is InChI=1S/C15H11BrCl2O2/c16-11-3-1-9(7-12(11)17)15(18)10-2-4-13-14(8-10)20-6-5-19-13/h1-4,7-8,15H,5-6H2. The molecule has 20 heavy (non-hydrogen) atoms. The third kappa shape index (κ3) is 2.76. The van der Waals surface area contributed by atoms with Crippen molar-refractivity contribution in [3.63, 3.8) is 0 Å². The van der Waals surface area contributed by atoms with Gasteiger partial charge in [-0.25, -0.2) is 0 Å². The zero-order valence-corrected chi connectivity index (χ0v) is 13.5. The topological polar surface area (TPSA) is 18.5 Å². The molecular formula is C15H11BrCl2O2. The van der Waals surface area contributed by atoms with E-state index in [0.29, 0.717) is 18.2 Å². The molecule has 1 aliphatic heterocycles. The number of hydrogen-bond donors (Lipinski definition) is 0. The predicted octanol–water partition coefficient (Wildman–Crippen LogP) is 5.20. The summed E-state index contributed by atoms with van der Waals surface area (Å²) < 4.78 is 11.9. The SMILES string of the molecule is Clc1cc(C(Cl)c2ccc3c(c2)OCCO3)ccc1Br. The molecule has 0 fully saturated rings. The van der Waals surface area contributed by atoms with Gasteiger partial charge in [-0.2, -0.15) is 0 Å². The first-order valence-electron chi connectivity index (χ1n) is 6.14. The molecule has 2 aromatic carbocycles. The fourth-order valence-electron chi connectivity index (χ4n) is 2.08. The number of benzene rings is 2. The van der Waals surface area contributed by atoms with Gasteiger partial charge in [-0.15, -0.1) is 11.6 Å². The van der Waals surface area contributed by atoms with Crippen molar-refractivity contribution < 1.29 is 9.47 Å².